The fourth-order valence-electron chi connectivity index (χ4n) is 1.57. The molecule has 0 saturated carbocycles. The summed E-state index contributed by atoms with van der Waals surface area (Å²) in [7, 11) is 1.62. The summed E-state index contributed by atoms with van der Waals surface area (Å²) in [5.41, 5.74) is 0.997. The lowest BCUT2D eigenvalue weighted by Gasteiger charge is -2.07. The average Bonchev–Trinajstić information content (AvgIpc) is 2.52. The number of hydrogen-bond acceptors (Lipinski definition) is 4. The van der Waals surface area contributed by atoms with E-state index in [-0.39, 0.29) is 12.5 Å². The molecule has 0 spiro atoms. The quantitative estimate of drug-likeness (QED) is 0.871. The van der Waals surface area contributed by atoms with Gasteiger partial charge < -0.3 is 14.8 Å². The van der Waals surface area contributed by atoms with Gasteiger partial charge in [0.15, 0.2) is 6.61 Å². The molecule has 0 atom stereocenters. The van der Waals surface area contributed by atoms with Gasteiger partial charge in [0.1, 0.15) is 5.75 Å². The van der Waals surface area contributed by atoms with Gasteiger partial charge >= 0.3 is 0 Å². The van der Waals surface area contributed by atoms with E-state index >= 15 is 0 Å². The summed E-state index contributed by atoms with van der Waals surface area (Å²) < 4.78 is 10.3. The van der Waals surface area contributed by atoms with Crippen LogP contribution in [0.15, 0.2) is 48.7 Å². The van der Waals surface area contributed by atoms with Crippen LogP contribution in [0.3, 0.4) is 0 Å². The van der Waals surface area contributed by atoms with E-state index < -0.39 is 0 Å². The van der Waals surface area contributed by atoms with Crippen LogP contribution >= 0.6 is 0 Å². The summed E-state index contributed by atoms with van der Waals surface area (Å²) in [6, 6.07) is 12.8. The van der Waals surface area contributed by atoms with Crippen LogP contribution in [0, 0.1) is 0 Å². The van der Waals surface area contributed by atoms with Crippen LogP contribution in [0.1, 0.15) is 5.56 Å². The number of ether oxygens (including phenoxy) is 2. The third-order valence-corrected chi connectivity index (χ3v) is 2.64. The average molecular weight is 272 g/mol. The van der Waals surface area contributed by atoms with Crippen LogP contribution in [0.25, 0.3) is 0 Å². The lowest BCUT2D eigenvalue weighted by molar-refractivity contribution is -0.123. The van der Waals surface area contributed by atoms with E-state index in [1.807, 2.05) is 24.3 Å². The topological polar surface area (TPSA) is 60.5 Å². The molecule has 0 bridgehead atoms. The van der Waals surface area contributed by atoms with Crippen molar-refractivity contribution in [3.8, 4) is 11.6 Å². The van der Waals surface area contributed by atoms with Gasteiger partial charge in [-0.3, -0.25) is 4.79 Å². The third kappa shape index (κ3) is 4.28. The van der Waals surface area contributed by atoms with Crippen molar-refractivity contribution in [1.82, 2.24) is 10.3 Å². The van der Waals surface area contributed by atoms with Crippen LogP contribution in [0.4, 0.5) is 0 Å². The molecule has 1 aromatic carbocycles. The van der Waals surface area contributed by atoms with Gasteiger partial charge in [0.25, 0.3) is 5.91 Å². The van der Waals surface area contributed by atoms with Gasteiger partial charge in [-0.15, -0.1) is 0 Å². The predicted molar refractivity (Wildman–Crippen MR) is 74.6 cm³/mol. The van der Waals surface area contributed by atoms with Crippen molar-refractivity contribution in [2.75, 3.05) is 13.7 Å². The number of aromatic nitrogens is 1. The molecule has 1 amide bonds. The van der Waals surface area contributed by atoms with E-state index in [4.69, 9.17) is 9.47 Å². The van der Waals surface area contributed by atoms with Gasteiger partial charge in [-0.25, -0.2) is 4.98 Å². The Kier molecular flexibility index (Phi) is 4.94. The van der Waals surface area contributed by atoms with E-state index in [1.165, 1.54) is 0 Å². The first-order valence-electron chi connectivity index (χ1n) is 6.21. The van der Waals surface area contributed by atoms with Gasteiger partial charge in [-0.2, -0.15) is 0 Å². The fraction of sp³-hybridized carbons (Fsp3) is 0.200. The van der Waals surface area contributed by atoms with Crippen molar-refractivity contribution >= 4 is 5.91 Å². The van der Waals surface area contributed by atoms with Crippen molar-refractivity contribution in [1.29, 1.82) is 0 Å². The number of amides is 1. The zero-order valence-corrected chi connectivity index (χ0v) is 11.2. The normalized spacial score (nSPS) is 9.85. The maximum Gasteiger partial charge on any atom is 0.258 e. The molecule has 0 unspecified atom stereocenters. The maximum absolute atomic E-state index is 11.6. The van der Waals surface area contributed by atoms with Crippen LogP contribution in [0.2, 0.25) is 0 Å². The summed E-state index contributed by atoms with van der Waals surface area (Å²) in [6.07, 6.45) is 1.62. The second-order valence-electron chi connectivity index (χ2n) is 4.08. The number of rotatable bonds is 6. The number of benzene rings is 1. The number of methoxy groups -OCH3 is 1. The third-order valence-electron chi connectivity index (χ3n) is 2.64. The second-order valence-corrected chi connectivity index (χ2v) is 4.08. The van der Waals surface area contributed by atoms with E-state index in [2.05, 4.69) is 10.3 Å². The Morgan fingerprint density at radius 2 is 2.00 bits per heavy atom. The highest BCUT2D eigenvalue weighted by Crippen LogP contribution is 2.10. The summed E-state index contributed by atoms with van der Waals surface area (Å²) >= 11 is 0. The fourth-order valence-corrected chi connectivity index (χ4v) is 1.57. The monoisotopic (exact) mass is 272 g/mol. The summed E-state index contributed by atoms with van der Waals surface area (Å²) in [6.45, 7) is 0.404. The van der Waals surface area contributed by atoms with Crippen molar-refractivity contribution < 1.29 is 14.3 Å². The molecule has 20 heavy (non-hydrogen) atoms. The molecule has 1 heterocycles. The number of nitrogens with one attached hydrogen (secondary N) is 1. The highest BCUT2D eigenvalue weighted by molar-refractivity contribution is 5.77. The van der Waals surface area contributed by atoms with Crippen molar-refractivity contribution in [3.63, 3.8) is 0 Å². The number of nitrogens with zero attached hydrogens (tertiary/aromatic N) is 1. The molecule has 0 aliphatic heterocycles. The number of hydrogen-bond donors (Lipinski definition) is 1. The van der Waals surface area contributed by atoms with Crippen molar-refractivity contribution in [3.05, 3.63) is 54.2 Å². The maximum atomic E-state index is 11.6. The zero-order valence-electron chi connectivity index (χ0n) is 11.2. The van der Waals surface area contributed by atoms with E-state index in [1.54, 1.807) is 31.5 Å². The lowest BCUT2D eigenvalue weighted by atomic mass is 10.2. The van der Waals surface area contributed by atoms with Gasteiger partial charge in [-0.05, 0) is 23.8 Å². The first kappa shape index (κ1) is 13.9. The molecule has 0 radical (unpaired) electrons. The zero-order chi connectivity index (χ0) is 14.2. The molecule has 0 fully saturated rings. The van der Waals surface area contributed by atoms with Crippen LogP contribution in [-0.2, 0) is 11.3 Å². The Balaban J connectivity index is 1.74. The Bertz CT molecular complexity index is 541. The first-order chi connectivity index (χ1) is 9.78. The van der Waals surface area contributed by atoms with Gasteiger partial charge in [0, 0.05) is 18.8 Å². The molecule has 0 aliphatic rings. The SMILES string of the molecule is COc1ccc(CNC(=O)COc2ccccn2)cc1. The Labute approximate surface area is 117 Å². The number of pyridine rings is 1. The number of carbonyl (C=O) groups excluding carboxylic acids is 1. The summed E-state index contributed by atoms with van der Waals surface area (Å²) in [5.74, 6) is 1.04. The molecule has 104 valence electrons. The van der Waals surface area contributed by atoms with Crippen LogP contribution < -0.4 is 14.8 Å². The molecule has 2 aromatic rings. The van der Waals surface area contributed by atoms with E-state index in [9.17, 15) is 4.79 Å². The molecule has 5 heteroatoms. The Morgan fingerprint density at radius 1 is 1.20 bits per heavy atom. The molecule has 0 aliphatic carbocycles. The number of carbonyl (C=O) groups is 1. The van der Waals surface area contributed by atoms with Crippen LogP contribution in [0.5, 0.6) is 11.6 Å². The molecular weight excluding hydrogens is 256 g/mol. The van der Waals surface area contributed by atoms with Crippen molar-refractivity contribution in [2.45, 2.75) is 6.54 Å². The summed E-state index contributed by atoms with van der Waals surface area (Å²) in [4.78, 5) is 15.6. The predicted octanol–water partition coefficient (Wildman–Crippen LogP) is 1.79. The Morgan fingerprint density at radius 3 is 2.65 bits per heavy atom. The smallest absolute Gasteiger partial charge is 0.258 e. The minimum Gasteiger partial charge on any atom is -0.497 e. The molecule has 2 rings (SSSR count). The molecule has 1 N–H and O–H groups in total. The lowest BCUT2D eigenvalue weighted by Crippen LogP contribution is -2.28. The largest absolute Gasteiger partial charge is 0.497 e. The second kappa shape index (κ2) is 7.13. The molecule has 0 saturated heterocycles. The van der Waals surface area contributed by atoms with Crippen molar-refractivity contribution in [2.24, 2.45) is 0 Å². The highest BCUT2D eigenvalue weighted by Gasteiger charge is 2.03. The van der Waals surface area contributed by atoms with Gasteiger partial charge in [0.2, 0.25) is 5.88 Å². The van der Waals surface area contributed by atoms with Gasteiger partial charge in [-0.1, -0.05) is 18.2 Å². The van der Waals surface area contributed by atoms with E-state index in [0.29, 0.717) is 12.4 Å². The van der Waals surface area contributed by atoms with Crippen LogP contribution in [-0.4, -0.2) is 24.6 Å². The standard InChI is InChI=1S/C15H16N2O3/c1-19-13-7-5-12(6-8-13)10-17-14(18)11-20-15-4-2-3-9-16-15/h2-9H,10-11H2,1H3,(H,17,18). The van der Waals surface area contributed by atoms with Gasteiger partial charge in [0.05, 0.1) is 7.11 Å². The first-order valence-corrected chi connectivity index (χ1v) is 6.21. The highest BCUT2D eigenvalue weighted by atomic mass is 16.5. The minimum absolute atomic E-state index is 0.0484. The molecular formula is C15H16N2O3. The molecule has 1 aromatic heterocycles. The Hall–Kier alpha value is -2.56. The van der Waals surface area contributed by atoms with E-state index in [0.717, 1.165) is 11.3 Å². The molecule has 5 nitrogen and oxygen atoms in total. The summed E-state index contributed by atoms with van der Waals surface area (Å²) in [5, 5.41) is 2.77. The minimum atomic E-state index is -0.188.